The molecule has 0 radical (unpaired) electrons. The lowest BCUT2D eigenvalue weighted by Gasteiger charge is -2.11. The monoisotopic (exact) mass is 251 g/mol. The Hall–Kier alpha value is -2.02. The van der Waals surface area contributed by atoms with E-state index < -0.39 is 16.9 Å². The largest absolute Gasteiger partial charge is 0.480 e. The van der Waals surface area contributed by atoms with Crippen molar-refractivity contribution in [2.75, 3.05) is 0 Å². The summed E-state index contributed by atoms with van der Waals surface area (Å²) in [5, 5.41) is 22.7. The van der Waals surface area contributed by atoms with Crippen molar-refractivity contribution in [3.8, 4) is 0 Å². The van der Waals surface area contributed by atoms with Gasteiger partial charge in [0.2, 0.25) is 0 Å². The molecule has 1 aliphatic heterocycles. The molecule has 7 heteroatoms. The number of carbonyl (C=O) groups is 1. The van der Waals surface area contributed by atoms with Crippen LogP contribution in [0.25, 0.3) is 0 Å². The number of nitro groups is 1. The van der Waals surface area contributed by atoms with Gasteiger partial charge >= 0.3 is 5.97 Å². The van der Waals surface area contributed by atoms with E-state index in [4.69, 9.17) is 5.11 Å². The number of hydrogen-bond donors (Lipinski definition) is 2. The normalized spacial score (nSPS) is 22.9. The third-order valence-corrected chi connectivity index (χ3v) is 3.01. The SMILES string of the molecule is Cc1cnc([C@H]2CC[C@H](C(=O)O)N2)c([N+](=O)[O-])c1. The standard InChI is InChI=1S/C11H13N3O4/c1-6-4-9(14(17)18)10(12-5-6)7-2-3-8(13-7)11(15)16/h4-5,7-8,13H,2-3H2,1H3,(H,15,16)/t7-,8-/m1/s1. The Labute approximate surface area is 103 Å². The van der Waals surface area contributed by atoms with E-state index in [2.05, 4.69) is 10.3 Å². The first-order chi connectivity index (χ1) is 8.49. The summed E-state index contributed by atoms with van der Waals surface area (Å²) >= 11 is 0. The Kier molecular flexibility index (Phi) is 3.24. The van der Waals surface area contributed by atoms with Crippen LogP contribution in [0.2, 0.25) is 0 Å². The molecule has 2 rings (SSSR count). The van der Waals surface area contributed by atoms with E-state index in [0.717, 1.165) is 0 Å². The fourth-order valence-corrected chi connectivity index (χ4v) is 2.13. The Morgan fingerprint density at radius 1 is 1.61 bits per heavy atom. The van der Waals surface area contributed by atoms with Crippen molar-refractivity contribution in [2.45, 2.75) is 31.8 Å². The second kappa shape index (κ2) is 4.69. The molecule has 0 spiro atoms. The van der Waals surface area contributed by atoms with Crippen LogP contribution < -0.4 is 5.32 Å². The number of rotatable bonds is 3. The molecule has 0 saturated carbocycles. The van der Waals surface area contributed by atoms with Crippen molar-refractivity contribution in [3.63, 3.8) is 0 Å². The third kappa shape index (κ3) is 2.30. The minimum atomic E-state index is -0.938. The number of nitrogens with one attached hydrogen (secondary N) is 1. The molecule has 7 nitrogen and oxygen atoms in total. The molecule has 1 fully saturated rings. The Bertz CT molecular complexity index is 503. The van der Waals surface area contributed by atoms with Gasteiger partial charge in [0, 0.05) is 12.3 Å². The van der Waals surface area contributed by atoms with Gasteiger partial charge in [0.05, 0.1) is 11.0 Å². The average molecular weight is 251 g/mol. The summed E-state index contributed by atoms with van der Waals surface area (Å²) in [6, 6.07) is 0.433. The van der Waals surface area contributed by atoms with E-state index in [1.165, 1.54) is 6.07 Å². The molecule has 2 heterocycles. The molecule has 1 aliphatic rings. The number of hydrogen-bond acceptors (Lipinski definition) is 5. The molecule has 0 aliphatic carbocycles. The summed E-state index contributed by atoms with van der Waals surface area (Å²) in [6.45, 7) is 1.73. The van der Waals surface area contributed by atoms with E-state index >= 15 is 0 Å². The molecule has 2 N–H and O–H groups in total. The summed E-state index contributed by atoms with van der Waals surface area (Å²) in [4.78, 5) is 25.4. The summed E-state index contributed by atoms with van der Waals surface area (Å²) < 4.78 is 0. The number of nitrogens with zero attached hydrogens (tertiary/aromatic N) is 2. The lowest BCUT2D eigenvalue weighted by atomic mass is 10.1. The van der Waals surface area contributed by atoms with Gasteiger partial charge in [0.25, 0.3) is 5.69 Å². The van der Waals surface area contributed by atoms with E-state index in [1.54, 1.807) is 13.1 Å². The first-order valence-corrected chi connectivity index (χ1v) is 5.59. The maximum absolute atomic E-state index is 11.0. The highest BCUT2D eigenvalue weighted by atomic mass is 16.6. The van der Waals surface area contributed by atoms with Crippen LogP contribution in [0.1, 0.15) is 30.1 Å². The van der Waals surface area contributed by atoms with Crippen LogP contribution in [0.5, 0.6) is 0 Å². The van der Waals surface area contributed by atoms with Gasteiger partial charge in [-0.1, -0.05) is 0 Å². The van der Waals surface area contributed by atoms with E-state index in [9.17, 15) is 14.9 Å². The smallest absolute Gasteiger partial charge is 0.320 e. The summed E-state index contributed by atoms with van der Waals surface area (Å²) in [5.74, 6) is -0.938. The van der Waals surface area contributed by atoms with Gasteiger partial charge in [0.1, 0.15) is 11.7 Å². The molecule has 96 valence electrons. The summed E-state index contributed by atoms with van der Waals surface area (Å²) in [7, 11) is 0. The zero-order valence-corrected chi connectivity index (χ0v) is 9.79. The number of carboxylic acids is 1. The molecule has 0 unspecified atom stereocenters. The minimum absolute atomic E-state index is 0.0569. The van der Waals surface area contributed by atoms with Crippen molar-refractivity contribution < 1.29 is 14.8 Å². The van der Waals surface area contributed by atoms with Crippen molar-refractivity contribution in [3.05, 3.63) is 33.6 Å². The summed E-state index contributed by atoms with van der Waals surface area (Å²) in [5.41, 5.74) is 0.964. The predicted molar refractivity (Wildman–Crippen MR) is 62.2 cm³/mol. The van der Waals surface area contributed by atoms with E-state index in [-0.39, 0.29) is 11.7 Å². The van der Waals surface area contributed by atoms with Gasteiger partial charge < -0.3 is 5.11 Å². The molecule has 0 bridgehead atoms. The highest BCUT2D eigenvalue weighted by molar-refractivity contribution is 5.74. The minimum Gasteiger partial charge on any atom is -0.480 e. The predicted octanol–water partition coefficient (Wildman–Crippen LogP) is 1.18. The maximum atomic E-state index is 11.0. The van der Waals surface area contributed by atoms with Crippen molar-refractivity contribution in [1.82, 2.24) is 10.3 Å². The number of aromatic nitrogens is 1. The Balaban J connectivity index is 2.29. The Morgan fingerprint density at radius 3 is 2.89 bits per heavy atom. The van der Waals surface area contributed by atoms with Gasteiger partial charge in [-0.05, 0) is 25.3 Å². The molecular weight excluding hydrogens is 238 g/mol. The number of carboxylic acid groups (broad SMARTS) is 1. The fourth-order valence-electron chi connectivity index (χ4n) is 2.13. The van der Waals surface area contributed by atoms with Crippen LogP contribution in [0.3, 0.4) is 0 Å². The second-order valence-corrected chi connectivity index (χ2v) is 4.36. The van der Waals surface area contributed by atoms with Gasteiger partial charge in [0.15, 0.2) is 0 Å². The molecule has 1 aromatic heterocycles. The fraction of sp³-hybridized carbons (Fsp3) is 0.455. The highest BCUT2D eigenvalue weighted by Gasteiger charge is 2.34. The van der Waals surface area contributed by atoms with E-state index in [1.807, 2.05) is 0 Å². The number of pyridine rings is 1. The molecule has 2 atom stereocenters. The Morgan fingerprint density at radius 2 is 2.33 bits per heavy atom. The summed E-state index contributed by atoms with van der Waals surface area (Å²) in [6.07, 6.45) is 2.54. The highest BCUT2D eigenvalue weighted by Crippen LogP contribution is 2.31. The van der Waals surface area contributed by atoms with Gasteiger partial charge in [-0.2, -0.15) is 0 Å². The molecule has 0 amide bonds. The first-order valence-electron chi connectivity index (χ1n) is 5.59. The molecule has 1 aromatic rings. The van der Waals surface area contributed by atoms with Crippen molar-refractivity contribution in [1.29, 1.82) is 0 Å². The third-order valence-electron chi connectivity index (χ3n) is 3.01. The van der Waals surface area contributed by atoms with Crippen LogP contribution in [-0.2, 0) is 4.79 Å². The van der Waals surface area contributed by atoms with Crippen molar-refractivity contribution in [2.24, 2.45) is 0 Å². The first kappa shape index (κ1) is 12.4. The lowest BCUT2D eigenvalue weighted by molar-refractivity contribution is -0.386. The number of aryl methyl sites for hydroxylation is 1. The molecule has 18 heavy (non-hydrogen) atoms. The van der Waals surface area contributed by atoms with Gasteiger partial charge in [-0.3, -0.25) is 25.2 Å². The second-order valence-electron chi connectivity index (χ2n) is 4.36. The zero-order chi connectivity index (χ0) is 13.3. The molecule has 0 aromatic carbocycles. The number of aliphatic carboxylic acids is 1. The lowest BCUT2D eigenvalue weighted by Crippen LogP contribution is -2.32. The topological polar surface area (TPSA) is 105 Å². The maximum Gasteiger partial charge on any atom is 0.320 e. The van der Waals surface area contributed by atoms with Crippen LogP contribution in [-0.4, -0.2) is 27.0 Å². The van der Waals surface area contributed by atoms with E-state index in [0.29, 0.717) is 24.1 Å². The quantitative estimate of drug-likeness (QED) is 0.617. The van der Waals surface area contributed by atoms with Crippen LogP contribution in [0, 0.1) is 17.0 Å². The molecular formula is C11H13N3O4. The van der Waals surface area contributed by atoms with Crippen LogP contribution >= 0.6 is 0 Å². The zero-order valence-electron chi connectivity index (χ0n) is 9.79. The van der Waals surface area contributed by atoms with Crippen LogP contribution in [0.15, 0.2) is 12.3 Å². The van der Waals surface area contributed by atoms with Gasteiger partial charge in [-0.25, -0.2) is 0 Å². The van der Waals surface area contributed by atoms with Crippen LogP contribution in [0.4, 0.5) is 5.69 Å². The van der Waals surface area contributed by atoms with Crippen molar-refractivity contribution >= 4 is 11.7 Å². The average Bonchev–Trinajstić information content (AvgIpc) is 2.78. The van der Waals surface area contributed by atoms with Gasteiger partial charge in [-0.15, -0.1) is 0 Å². The molecule has 1 saturated heterocycles.